The highest BCUT2D eigenvalue weighted by molar-refractivity contribution is 5.85. The standard InChI is InChI=1S/C20H25NO3/c1-13-10-17(11-14(2)15(13)3)24-12-16-8-6-7-9-18(16)20(4,23-5)19(21)22/h6-11H,12H2,1-5H3,(H2,21,22). The molecule has 0 fully saturated rings. The quantitative estimate of drug-likeness (QED) is 0.883. The molecule has 0 aliphatic carbocycles. The van der Waals surface area contributed by atoms with Crippen molar-refractivity contribution in [2.24, 2.45) is 5.73 Å². The fourth-order valence-electron chi connectivity index (χ4n) is 2.70. The van der Waals surface area contributed by atoms with Crippen molar-refractivity contribution in [3.8, 4) is 5.75 Å². The molecule has 1 unspecified atom stereocenters. The van der Waals surface area contributed by atoms with Crippen molar-refractivity contribution >= 4 is 5.91 Å². The molecule has 0 heterocycles. The maximum Gasteiger partial charge on any atom is 0.254 e. The zero-order valence-electron chi connectivity index (χ0n) is 15.0. The third kappa shape index (κ3) is 3.44. The van der Waals surface area contributed by atoms with Crippen molar-refractivity contribution < 1.29 is 14.3 Å². The Bertz CT molecular complexity index is 731. The van der Waals surface area contributed by atoms with Gasteiger partial charge in [-0.25, -0.2) is 0 Å². The van der Waals surface area contributed by atoms with Crippen LogP contribution in [0.25, 0.3) is 0 Å². The van der Waals surface area contributed by atoms with Crippen LogP contribution in [0.15, 0.2) is 36.4 Å². The molecule has 0 bridgehead atoms. The highest BCUT2D eigenvalue weighted by atomic mass is 16.5. The van der Waals surface area contributed by atoms with Crippen molar-refractivity contribution in [1.29, 1.82) is 0 Å². The third-order valence-electron chi connectivity index (χ3n) is 4.70. The van der Waals surface area contributed by atoms with Crippen molar-refractivity contribution in [1.82, 2.24) is 0 Å². The lowest BCUT2D eigenvalue weighted by molar-refractivity contribution is -0.139. The number of aryl methyl sites for hydroxylation is 2. The summed E-state index contributed by atoms with van der Waals surface area (Å²) in [5.41, 5.74) is 9.61. The van der Waals surface area contributed by atoms with Gasteiger partial charge in [0.25, 0.3) is 5.91 Å². The van der Waals surface area contributed by atoms with Crippen molar-refractivity contribution in [2.75, 3.05) is 7.11 Å². The second-order valence-electron chi connectivity index (χ2n) is 6.23. The van der Waals surface area contributed by atoms with Gasteiger partial charge in [-0.2, -0.15) is 0 Å². The van der Waals surface area contributed by atoms with E-state index in [1.165, 1.54) is 23.8 Å². The van der Waals surface area contributed by atoms with Gasteiger partial charge in [0.2, 0.25) is 0 Å². The smallest absolute Gasteiger partial charge is 0.254 e. The molecule has 0 aliphatic heterocycles. The summed E-state index contributed by atoms with van der Waals surface area (Å²) >= 11 is 0. The van der Waals surface area contributed by atoms with Crippen LogP contribution in [-0.2, 0) is 21.7 Å². The topological polar surface area (TPSA) is 61.5 Å². The molecule has 0 saturated carbocycles. The minimum absolute atomic E-state index is 0.338. The first kappa shape index (κ1) is 18.0. The zero-order valence-corrected chi connectivity index (χ0v) is 15.0. The molecule has 4 heteroatoms. The maximum absolute atomic E-state index is 11.9. The van der Waals surface area contributed by atoms with E-state index in [4.69, 9.17) is 15.2 Å². The summed E-state index contributed by atoms with van der Waals surface area (Å²) in [6.45, 7) is 8.25. The van der Waals surface area contributed by atoms with E-state index >= 15 is 0 Å². The number of benzene rings is 2. The van der Waals surface area contributed by atoms with E-state index in [-0.39, 0.29) is 0 Å². The average molecular weight is 327 g/mol. The van der Waals surface area contributed by atoms with Crippen LogP contribution in [0, 0.1) is 20.8 Å². The number of methoxy groups -OCH3 is 1. The fourth-order valence-corrected chi connectivity index (χ4v) is 2.70. The van der Waals surface area contributed by atoms with Gasteiger partial charge in [-0.1, -0.05) is 24.3 Å². The molecule has 0 aliphatic rings. The summed E-state index contributed by atoms with van der Waals surface area (Å²) in [5.74, 6) is 0.281. The summed E-state index contributed by atoms with van der Waals surface area (Å²) in [5, 5.41) is 0. The largest absolute Gasteiger partial charge is 0.489 e. The molecule has 4 nitrogen and oxygen atoms in total. The van der Waals surface area contributed by atoms with Crippen LogP contribution in [0.4, 0.5) is 0 Å². The van der Waals surface area contributed by atoms with Gasteiger partial charge < -0.3 is 15.2 Å². The molecule has 24 heavy (non-hydrogen) atoms. The lowest BCUT2D eigenvalue weighted by Crippen LogP contribution is -2.41. The second-order valence-corrected chi connectivity index (χ2v) is 6.23. The number of rotatable bonds is 6. The Morgan fingerprint density at radius 3 is 2.25 bits per heavy atom. The van der Waals surface area contributed by atoms with E-state index in [1.807, 2.05) is 36.4 Å². The van der Waals surface area contributed by atoms with Crippen LogP contribution >= 0.6 is 0 Å². The predicted molar refractivity (Wildman–Crippen MR) is 95.0 cm³/mol. The van der Waals surface area contributed by atoms with Gasteiger partial charge in [0.15, 0.2) is 5.60 Å². The monoisotopic (exact) mass is 327 g/mol. The predicted octanol–water partition coefficient (Wildman–Crippen LogP) is 3.54. The van der Waals surface area contributed by atoms with Crippen LogP contribution in [0.5, 0.6) is 5.75 Å². The van der Waals surface area contributed by atoms with Gasteiger partial charge in [-0.3, -0.25) is 4.79 Å². The van der Waals surface area contributed by atoms with Crippen LogP contribution < -0.4 is 10.5 Å². The summed E-state index contributed by atoms with van der Waals surface area (Å²) in [7, 11) is 1.48. The Hall–Kier alpha value is -2.33. The number of carbonyl (C=O) groups excluding carboxylic acids is 1. The summed E-state index contributed by atoms with van der Waals surface area (Å²) < 4.78 is 11.4. The lowest BCUT2D eigenvalue weighted by atomic mass is 9.91. The van der Waals surface area contributed by atoms with E-state index in [0.29, 0.717) is 6.61 Å². The zero-order chi connectivity index (χ0) is 17.9. The van der Waals surface area contributed by atoms with Gasteiger partial charge in [0.1, 0.15) is 12.4 Å². The van der Waals surface area contributed by atoms with Crippen LogP contribution in [0.1, 0.15) is 34.7 Å². The van der Waals surface area contributed by atoms with Crippen molar-refractivity contribution in [2.45, 2.75) is 39.9 Å². The first-order valence-electron chi connectivity index (χ1n) is 7.93. The molecular weight excluding hydrogens is 302 g/mol. The number of hydrogen-bond donors (Lipinski definition) is 1. The van der Waals surface area contributed by atoms with Gasteiger partial charge in [0, 0.05) is 7.11 Å². The molecule has 128 valence electrons. The Morgan fingerprint density at radius 2 is 1.71 bits per heavy atom. The Labute approximate surface area is 143 Å². The molecule has 2 N–H and O–H groups in total. The number of nitrogens with two attached hydrogens (primary N) is 1. The SMILES string of the molecule is COC(C)(C(N)=O)c1ccccc1COc1cc(C)c(C)c(C)c1. The van der Waals surface area contributed by atoms with Gasteiger partial charge in [-0.05, 0) is 67.6 Å². The number of ether oxygens (including phenoxy) is 2. The third-order valence-corrected chi connectivity index (χ3v) is 4.70. The van der Waals surface area contributed by atoms with Crippen LogP contribution in [0.2, 0.25) is 0 Å². The van der Waals surface area contributed by atoms with E-state index in [2.05, 4.69) is 20.8 Å². The van der Waals surface area contributed by atoms with Gasteiger partial charge in [-0.15, -0.1) is 0 Å². The molecule has 0 saturated heterocycles. The summed E-state index contributed by atoms with van der Waals surface area (Å²) in [4.78, 5) is 11.9. The summed E-state index contributed by atoms with van der Waals surface area (Å²) in [6, 6.07) is 11.6. The minimum Gasteiger partial charge on any atom is -0.489 e. The fraction of sp³-hybridized carbons (Fsp3) is 0.350. The number of hydrogen-bond acceptors (Lipinski definition) is 3. The van der Waals surface area contributed by atoms with Crippen LogP contribution in [-0.4, -0.2) is 13.0 Å². The Morgan fingerprint density at radius 1 is 1.12 bits per heavy atom. The molecule has 2 rings (SSSR count). The van der Waals surface area contributed by atoms with E-state index < -0.39 is 11.5 Å². The first-order valence-corrected chi connectivity index (χ1v) is 7.93. The molecule has 1 atom stereocenters. The van der Waals surface area contributed by atoms with Crippen molar-refractivity contribution in [3.63, 3.8) is 0 Å². The van der Waals surface area contributed by atoms with E-state index in [1.54, 1.807) is 6.92 Å². The summed E-state index contributed by atoms with van der Waals surface area (Å²) in [6.07, 6.45) is 0. The molecular formula is C20H25NO3. The molecule has 0 spiro atoms. The highest BCUT2D eigenvalue weighted by Gasteiger charge is 2.35. The van der Waals surface area contributed by atoms with Gasteiger partial charge >= 0.3 is 0 Å². The van der Waals surface area contributed by atoms with Crippen LogP contribution in [0.3, 0.4) is 0 Å². The molecule has 2 aromatic rings. The minimum atomic E-state index is -1.18. The second kappa shape index (κ2) is 7.05. The number of amides is 1. The van der Waals surface area contributed by atoms with Gasteiger partial charge in [0.05, 0.1) is 0 Å². The highest BCUT2D eigenvalue weighted by Crippen LogP contribution is 2.29. The van der Waals surface area contributed by atoms with Crippen molar-refractivity contribution in [3.05, 3.63) is 64.2 Å². The Balaban J connectivity index is 2.30. The number of primary amides is 1. The lowest BCUT2D eigenvalue weighted by Gasteiger charge is -2.27. The molecule has 1 amide bonds. The van der Waals surface area contributed by atoms with E-state index in [0.717, 1.165) is 16.9 Å². The Kier molecular flexibility index (Phi) is 5.30. The van der Waals surface area contributed by atoms with E-state index in [9.17, 15) is 4.79 Å². The molecule has 2 aromatic carbocycles. The maximum atomic E-state index is 11.9. The normalized spacial score (nSPS) is 13.4. The number of carbonyl (C=O) groups is 1. The molecule has 0 radical (unpaired) electrons. The molecule has 0 aromatic heterocycles. The first-order chi connectivity index (χ1) is 11.3. The average Bonchev–Trinajstić information content (AvgIpc) is 2.57.